The molecule has 0 saturated heterocycles. The summed E-state index contributed by atoms with van der Waals surface area (Å²) in [5.41, 5.74) is 0.988. The molecule has 2 N–H and O–H groups in total. The van der Waals surface area contributed by atoms with Gasteiger partial charge in [-0.05, 0) is 43.1 Å². The number of rotatable bonds is 6. The maximum Gasteiger partial charge on any atom is 0.220 e. The van der Waals surface area contributed by atoms with Gasteiger partial charge >= 0.3 is 0 Å². The third-order valence-corrected chi connectivity index (χ3v) is 5.21. The number of ether oxygens (including phenoxy) is 1. The lowest BCUT2D eigenvalue weighted by Gasteiger charge is -2.38. The summed E-state index contributed by atoms with van der Waals surface area (Å²) in [7, 11) is 1.59. The second-order valence-electron chi connectivity index (χ2n) is 6.92. The van der Waals surface area contributed by atoms with Crippen LogP contribution in [0.5, 0.6) is 5.88 Å². The standard InChI is InChI=1S/C18H26N2O3/c1-23-17-7-6-13(11-19-17)18(14-9-15(21)10-14)20-16(22)8-12-4-2-3-5-12/h6-7,11-12,14-15,18,21H,2-5,8-10H2,1H3,(H,20,22). The number of aliphatic hydroxyl groups is 1. The highest BCUT2D eigenvalue weighted by atomic mass is 16.5. The number of pyridine rings is 1. The van der Waals surface area contributed by atoms with E-state index in [9.17, 15) is 9.90 Å². The number of nitrogens with zero attached hydrogens (tertiary/aromatic N) is 1. The summed E-state index contributed by atoms with van der Waals surface area (Å²) in [6, 6.07) is 3.71. The fraction of sp³-hybridized carbons (Fsp3) is 0.667. The molecule has 2 saturated carbocycles. The van der Waals surface area contributed by atoms with Crippen molar-refractivity contribution in [3.63, 3.8) is 0 Å². The Hall–Kier alpha value is -1.62. The molecule has 0 radical (unpaired) electrons. The summed E-state index contributed by atoms with van der Waals surface area (Å²) in [5.74, 6) is 1.52. The third kappa shape index (κ3) is 4.02. The van der Waals surface area contributed by atoms with Crippen molar-refractivity contribution in [2.45, 2.75) is 57.1 Å². The molecule has 0 aliphatic heterocycles. The summed E-state index contributed by atoms with van der Waals surface area (Å²) in [6.07, 6.45) is 8.46. The largest absolute Gasteiger partial charge is 0.481 e. The van der Waals surface area contributed by atoms with E-state index in [0.717, 1.165) is 18.4 Å². The summed E-state index contributed by atoms with van der Waals surface area (Å²) in [4.78, 5) is 16.7. The van der Waals surface area contributed by atoms with E-state index in [0.29, 0.717) is 18.2 Å². The zero-order chi connectivity index (χ0) is 16.2. The Labute approximate surface area is 137 Å². The second kappa shape index (κ2) is 7.30. The van der Waals surface area contributed by atoms with Crippen molar-refractivity contribution < 1.29 is 14.6 Å². The summed E-state index contributed by atoms with van der Waals surface area (Å²) in [6.45, 7) is 0. The molecular weight excluding hydrogens is 292 g/mol. The van der Waals surface area contributed by atoms with Gasteiger partial charge in [0.05, 0.1) is 19.3 Å². The first-order valence-electron chi connectivity index (χ1n) is 8.63. The van der Waals surface area contributed by atoms with Crippen LogP contribution in [0, 0.1) is 11.8 Å². The molecular formula is C18H26N2O3. The third-order valence-electron chi connectivity index (χ3n) is 5.21. The Balaban J connectivity index is 1.66. The molecule has 1 amide bonds. The SMILES string of the molecule is COc1ccc(C(NC(=O)CC2CCCC2)C2CC(O)C2)cn1. The van der Waals surface area contributed by atoms with Crippen LogP contribution in [0.15, 0.2) is 18.3 Å². The summed E-state index contributed by atoms with van der Waals surface area (Å²) in [5, 5.41) is 12.8. The Morgan fingerprint density at radius 2 is 2.13 bits per heavy atom. The van der Waals surface area contributed by atoms with Gasteiger partial charge in [0.1, 0.15) is 0 Å². The molecule has 2 aliphatic carbocycles. The normalized spacial score (nSPS) is 25.7. The van der Waals surface area contributed by atoms with Gasteiger partial charge < -0.3 is 15.2 Å². The Morgan fingerprint density at radius 3 is 2.70 bits per heavy atom. The number of amides is 1. The molecule has 0 aromatic carbocycles. The molecule has 0 spiro atoms. The maximum absolute atomic E-state index is 12.4. The van der Waals surface area contributed by atoms with E-state index in [4.69, 9.17) is 4.74 Å². The van der Waals surface area contributed by atoms with Gasteiger partial charge in [0, 0.05) is 18.7 Å². The van der Waals surface area contributed by atoms with Gasteiger partial charge in [0.25, 0.3) is 0 Å². The minimum absolute atomic E-state index is 0.0642. The van der Waals surface area contributed by atoms with Crippen LogP contribution in [-0.2, 0) is 4.79 Å². The summed E-state index contributed by atoms with van der Waals surface area (Å²) >= 11 is 0. The molecule has 5 heteroatoms. The minimum atomic E-state index is -0.236. The van der Waals surface area contributed by atoms with Crippen LogP contribution in [0.4, 0.5) is 0 Å². The lowest BCUT2D eigenvalue weighted by atomic mass is 9.75. The van der Waals surface area contributed by atoms with Crippen molar-refractivity contribution in [2.75, 3.05) is 7.11 Å². The number of aromatic nitrogens is 1. The molecule has 2 aliphatic rings. The van der Waals surface area contributed by atoms with Crippen molar-refractivity contribution >= 4 is 5.91 Å². The van der Waals surface area contributed by atoms with E-state index < -0.39 is 0 Å². The average Bonchev–Trinajstić information content (AvgIpc) is 3.03. The number of carbonyl (C=O) groups excluding carboxylic acids is 1. The van der Waals surface area contributed by atoms with Crippen LogP contribution in [0.2, 0.25) is 0 Å². The van der Waals surface area contributed by atoms with E-state index in [2.05, 4.69) is 10.3 Å². The van der Waals surface area contributed by atoms with E-state index in [1.807, 2.05) is 12.1 Å². The predicted molar refractivity (Wildman–Crippen MR) is 87.0 cm³/mol. The molecule has 1 aromatic rings. The average molecular weight is 318 g/mol. The first kappa shape index (κ1) is 16.2. The van der Waals surface area contributed by atoms with Crippen LogP contribution >= 0.6 is 0 Å². The molecule has 3 rings (SSSR count). The van der Waals surface area contributed by atoms with Gasteiger partial charge in [0.2, 0.25) is 11.8 Å². The Bertz CT molecular complexity index is 520. The van der Waals surface area contributed by atoms with Crippen LogP contribution in [0.3, 0.4) is 0 Å². The van der Waals surface area contributed by atoms with Gasteiger partial charge in [0.15, 0.2) is 0 Å². The van der Waals surface area contributed by atoms with Crippen LogP contribution in [-0.4, -0.2) is 29.2 Å². The quantitative estimate of drug-likeness (QED) is 0.846. The van der Waals surface area contributed by atoms with Crippen LogP contribution in [0.25, 0.3) is 0 Å². The van der Waals surface area contributed by atoms with Gasteiger partial charge in [-0.3, -0.25) is 4.79 Å². The zero-order valence-corrected chi connectivity index (χ0v) is 13.7. The van der Waals surface area contributed by atoms with Crippen molar-refractivity contribution in [3.8, 4) is 5.88 Å². The Morgan fingerprint density at radius 1 is 1.39 bits per heavy atom. The van der Waals surface area contributed by atoms with E-state index in [1.54, 1.807) is 13.3 Å². The Kier molecular flexibility index (Phi) is 5.16. The van der Waals surface area contributed by atoms with Crippen molar-refractivity contribution in [2.24, 2.45) is 11.8 Å². The van der Waals surface area contributed by atoms with E-state index >= 15 is 0 Å². The first-order valence-corrected chi connectivity index (χ1v) is 8.63. The second-order valence-corrected chi connectivity index (χ2v) is 6.92. The first-order chi connectivity index (χ1) is 11.2. The molecule has 0 bridgehead atoms. The highest BCUT2D eigenvalue weighted by Crippen LogP contribution is 2.38. The van der Waals surface area contributed by atoms with Gasteiger partial charge in [-0.15, -0.1) is 0 Å². The molecule has 1 atom stereocenters. The maximum atomic E-state index is 12.4. The monoisotopic (exact) mass is 318 g/mol. The number of nitrogens with one attached hydrogen (secondary N) is 1. The summed E-state index contributed by atoms with van der Waals surface area (Å²) < 4.78 is 5.10. The molecule has 1 heterocycles. The number of hydrogen-bond donors (Lipinski definition) is 2. The highest BCUT2D eigenvalue weighted by molar-refractivity contribution is 5.76. The van der Waals surface area contributed by atoms with Gasteiger partial charge in [-0.2, -0.15) is 0 Å². The predicted octanol–water partition coefficient (Wildman–Crippen LogP) is 2.60. The topological polar surface area (TPSA) is 71.5 Å². The molecule has 1 unspecified atom stereocenters. The molecule has 126 valence electrons. The fourth-order valence-corrected chi connectivity index (χ4v) is 3.78. The molecule has 2 fully saturated rings. The van der Waals surface area contributed by atoms with Gasteiger partial charge in [-0.25, -0.2) is 4.98 Å². The lowest BCUT2D eigenvalue weighted by Crippen LogP contribution is -2.41. The highest BCUT2D eigenvalue weighted by Gasteiger charge is 2.36. The number of hydrogen-bond acceptors (Lipinski definition) is 4. The minimum Gasteiger partial charge on any atom is -0.481 e. The zero-order valence-electron chi connectivity index (χ0n) is 13.7. The van der Waals surface area contributed by atoms with E-state index in [1.165, 1.54) is 25.7 Å². The van der Waals surface area contributed by atoms with Crippen molar-refractivity contribution in [1.29, 1.82) is 0 Å². The van der Waals surface area contributed by atoms with Crippen molar-refractivity contribution in [3.05, 3.63) is 23.9 Å². The van der Waals surface area contributed by atoms with Crippen molar-refractivity contribution in [1.82, 2.24) is 10.3 Å². The number of methoxy groups -OCH3 is 1. The smallest absolute Gasteiger partial charge is 0.220 e. The van der Waals surface area contributed by atoms with Crippen LogP contribution < -0.4 is 10.1 Å². The number of aliphatic hydroxyl groups excluding tert-OH is 1. The molecule has 1 aromatic heterocycles. The van der Waals surface area contributed by atoms with E-state index in [-0.39, 0.29) is 24.0 Å². The lowest BCUT2D eigenvalue weighted by molar-refractivity contribution is -0.124. The molecule has 5 nitrogen and oxygen atoms in total. The fourth-order valence-electron chi connectivity index (χ4n) is 3.78. The van der Waals surface area contributed by atoms with Crippen LogP contribution in [0.1, 0.15) is 56.6 Å². The molecule has 23 heavy (non-hydrogen) atoms. The van der Waals surface area contributed by atoms with Gasteiger partial charge in [-0.1, -0.05) is 18.9 Å². The number of carbonyl (C=O) groups is 1.